The van der Waals surface area contributed by atoms with E-state index in [2.05, 4.69) is 26.4 Å². The van der Waals surface area contributed by atoms with Gasteiger partial charge < -0.3 is 15.1 Å². The third-order valence-electron chi connectivity index (χ3n) is 7.40. The van der Waals surface area contributed by atoms with Crippen LogP contribution in [0.3, 0.4) is 0 Å². The molecule has 3 aromatic carbocycles. The number of nitrogens with one attached hydrogen (secondary N) is 1. The monoisotopic (exact) mass is 599 g/mol. The van der Waals surface area contributed by atoms with Crippen LogP contribution < -0.4 is 15.8 Å². The summed E-state index contributed by atoms with van der Waals surface area (Å²) in [4.78, 5) is 37.2. The van der Waals surface area contributed by atoms with Gasteiger partial charge in [0.1, 0.15) is 11.8 Å². The summed E-state index contributed by atoms with van der Waals surface area (Å²) in [6, 6.07) is 30.3. The van der Waals surface area contributed by atoms with E-state index >= 15 is 0 Å². The number of rotatable bonds is 8. The van der Waals surface area contributed by atoms with Crippen molar-refractivity contribution in [2.24, 2.45) is 0 Å². The molecule has 0 radical (unpaired) electrons. The van der Waals surface area contributed by atoms with Gasteiger partial charge in [0.05, 0.1) is 28.7 Å². The number of nitrogens with zero attached hydrogens (tertiary/aromatic N) is 6. The highest BCUT2D eigenvalue weighted by molar-refractivity contribution is 7.99. The fraction of sp³-hybridized carbons (Fsp3) is 0.147. The molecule has 1 N–H and O–H groups in total. The maximum atomic E-state index is 13.8. The van der Waals surface area contributed by atoms with E-state index < -0.39 is 0 Å². The first kappa shape index (κ1) is 28.7. The fourth-order valence-electron chi connectivity index (χ4n) is 5.12. The molecule has 1 saturated heterocycles. The van der Waals surface area contributed by atoms with Crippen molar-refractivity contribution in [3.8, 4) is 11.8 Å². The van der Waals surface area contributed by atoms with Gasteiger partial charge >= 0.3 is 0 Å². The SMILES string of the molecule is N#Cc1ccccc1Sc1ccccc1C(=O)N1CCN(c2cnn(-c3ccccc3)c(=O)c2NCc2cccnc2)CC1. The molecule has 0 atom stereocenters. The van der Waals surface area contributed by atoms with Crippen molar-refractivity contribution in [1.29, 1.82) is 5.26 Å². The normalized spacial score (nSPS) is 12.9. The number of anilines is 2. The van der Waals surface area contributed by atoms with Crippen LogP contribution in [0.2, 0.25) is 0 Å². The average Bonchev–Trinajstić information content (AvgIpc) is 3.09. The van der Waals surface area contributed by atoms with Crippen molar-refractivity contribution in [2.45, 2.75) is 16.3 Å². The molecule has 44 heavy (non-hydrogen) atoms. The van der Waals surface area contributed by atoms with Gasteiger partial charge in [-0.15, -0.1) is 0 Å². The Balaban J connectivity index is 1.22. The lowest BCUT2D eigenvalue weighted by Crippen LogP contribution is -2.49. The Morgan fingerprint density at radius 1 is 0.864 bits per heavy atom. The Morgan fingerprint density at radius 3 is 2.34 bits per heavy atom. The third-order valence-corrected chi connectivity index (χ3v) is 8.55. The molecule has 1 amide bonds. The predicted molar refractivity (Wildman–Crippen MR) is 171 cm³/mol. The van der Waals surface area contributed by atoms with Gasteiger partial charge in [0.15, 0.2) is 0 Å². The number of piperazine rings is 1. The molecule has 1 aliphatic heterocycles. The molecule has 3 heterocycles. The highest BCUT2D eigenvalue weighted by Crippen LogP contribution is 2.33. The topological polar surface area (TPSA) is 107 Å². The first-order valence-corrected chi connectivity index (χ1v) is 15.0. The van der Waals surface area contributed by atoms with Crippen molar-refractivity contribution in [1.82, 2.24) is 19.7 Å². The number of hydrogen-bond acceptors (Lipinski definition) is 8. The number of benzene rings is 3. The number of pyridine rings is 1. The smallest absolute Gasteiger partial charge is 0.296 e. The second kappa shape index (κ2) is 13.3. The summed E-state index contributed by atoms with van der Waals surface area (Å²) in [5.41, 5.74) is 3.70. The van der Waals surface area contributed by atoms with Crippen LogP contribution in [-0.4, -0.2) is 51.8 Å². The van der Waals surface area contributed by atoms with E-state index in [4.69, 9.17) is 0 Å². The summed E-state index contributed by atoms with van der Waals surface area (Å²) in [5, 5.41) is 17.4. The Hall–Kier alpha value is -5.40. The summed E-state index contributed by atoms with van der Waals surface area (Å²) >= 11 is 1.42. The largest absolute Gasteiger partial charge is 0.375 e. The third kappa shape index (κ3) is 6.19. The van der Waals surface area contributed by atoms with Gasteiger partial charge in [0.25, 0.3) is 11.5 Å². The average molecular weight is 600 g/mol. The fourth-order valence-corrected chi connectivity index (χ4v) is 6.14. The molecule has 1 fully saturated rings. The molecule has 0 spiro atoms. The minimum atomic E-state index is -0.250. The Kier molecular flexibility index (Phi) is 8.66. The molecule has 5 aromatic rings. The van der Waals surface area contributed by atoms with E-state index in [0.29, 0.717) is 60.9 Å². The number of amides is 1. The first-order valence-electron chi connectivity index (χ1n) is 14.2. The van der Waals surface area contributed by atoms with Gasteiger partial charge in [0, 0.05) is 54.9 Å². The highest BCUT2D eigenvalue weighted by Gasteiger charge is 2.27. The van der Waals surface area contributed by atoms with Gasteiger partial charge in [-0.25, -0.2) is 0 Å². The van der Waals surface area contributed by atoms with Crippen molar-refractivity contribution in [2.75, 3.05) is 36.4 Å². The number of para-hydroxylation sites is 1. The van der Waals surface area contributed by atoms with Crippen LogP contribution >= 0.6 is 11.8 Å². The summed E-state index contributed by atoms with van der Waals surface area (Å²) in [6.45, 7) is 2.47. The molecule has 0 unspecified atom stereocenters. The van der Waals surface area contributed by atoms with Crippen LogP contribution in [0, 0.1) is 11.3 Å². The Labute approximate surface area is 259 Å². The highest BCUT2D eigenvalue weighted by atomic mass is 32.2. The number of carbonyl (C=O) groups is 1. The zero-order valence-electron chi connectivity index (χ0n) is 23.8. The van der Waals surface area contributed by atoms with E-state index in [1.807, 2.05) is 89.8 Å². The van der Waals surface area contributed by atoms with Crippen LogP contribution in [0.5, 0.6) is 0 Å². The molecule has 0 aliphatic carbocycles. The minimum absolute atomic E-state index is 0.0604. The zero-order valence-corrected chi connectivity index (χ0v) is 24.7. The van der Waals surface area contributed by atoms with Crippen molar-refractivity contribution >= 4 is 29.0 Å². The Morgan fingerprint density at radius 2 is 1.59 bits per heavy atom. The van der Waals surface area contributed by atoms with Crippen LogP contribution in [0.4, 0.5) is 11.4 Å². The maximum absolute atomic E-state index is 13.8. The lowest BCUT2D eigenvalue weighted by Gasteiger charge is -2.37. The summed E-state index contributed by atoms with van der Waals surface area (Å²) in [5.74, 6) is -0.0604. The van der Waals surface area contributed by atoms with Crippen LogP contribution in [-0.2, 0) is 6.54 Å². The van der Waals surface area contributed by atoms with Crippen molar-refractivity contribution < 1.29 is 4.79 Å². The van der Waals surface area contributed by atoms with E-state index in [0.717, 1.165) is 15.4 Å². The second-order valence-electron chi connectivity index (χ2n) is 10.2. The zero-order chi connectivity index (χ0) is 30.3. The summed E-state index contributed by atoms with van der Waals surface area (Å²) in [7, 11) is 0. The van der Waals surface area contributed by atoms with Gasteiger partial charge in [-0.2, -0.15) is 15.0 Å². The summed E-state index contributed by atoms with van der Waals surface area (Å²) < 4.78 is 1.40. The molecule has 9 nitrogen and oxygen atoms in total. The molecular weight excluding hydrogens is 570 g/mol. The molecule has 1 aliphatic rings. The molecule has 0 saturated carbocycles. The van der Waals surface area contributed by atoms with E-state index in [9.17, 15) is 14.9 Å². The van der Waals surface area contributed by atoms with Gasteiger partial charge in [-0.1, -0.05) is 60.3 Å². The van der Waals surface area contributed by atoms with Crippen molar-refractivity contribution in [3.05, 3.63) is 137 Å². The standard InChI is InChI=1S/C34H29N7O2S/c35-21-26-10-4-6-14-30(26)44-31-15-7-5-13-28(31)33(42)40-19-17-39(18-20-40)29-24-38-41(27-11-2-1-3-12-27)34(43)32(29)37-23-25-9-8-16-36-22-25/h1-16,22,24,37H,17-20,23H2. The number of hydrogen-bond donors (Lipinski definition) is 1. The molecule has 218 valence electrons. The number of carbonyl (C=O) groups excluding carboxylic acids is 1. The van der Waals surface area contributed by atoms with Gasteiger partial charge in [-0.05, 0) is 48.0 Å². The maximum Gasteiger partial charge on any atom is 0.296 e. The van der Waals surface area contributed by atoms with E-state index in [1.54, 1.807) is 24.7 Å². The number of nitriles is 1. The van der Waals surface area contributed by atoms with Gasteiger partial charge in [0.2, 0.25) is 0 Å². The molecule has 10 heteroatoms. The quantitative estimate of drug-likeness (QED) is 0.259. The lowest BCUT2D eigenvalue weighted by molar-refractivity contribution is 0.0743. The molecule has 0 bridgehead atoms. The lowest BCUT2D eigenvalue weighted by atomic mass is 10.1. The number of aromatic nitrogens is 3. The molecular formula is C34H29N7O2S. The van der Waals surface area contributed by atoms with Crippen LogP contribution in [0.25, 0.3) is 5.69 Å². The summed E-state index contributed by atoms with van der Waals surface area (Å²) in [6.07, 6.45) is 5.20. The van der Waals surface area contributed by atoms with Gasteiger partial charge in [-0.3, -0.25) is 14.6 Å². The van der Waals surface area contributed by atoms with Crippen molar-refractivity contribution in [3.63, 3.8) is 0 Å². The molecule has 6 rings (SSSR count). The molecule has 2 aromatic heterocycles. The predicted octanol–water partition coefficient (Wildman–Crippen LogP) is 5.22. The second-order valence-corrected chi connectivity index (χ2v) is 11.2. The Bertz CT molecular complexity index is 1860. The van der Waals surface area contributed by atoms with Crippen LogP contribution in [0.15, 0.2) is 124 Å². The van der Waals surface area contributed by atoms with E-state index in [-0.39, 0.29) is 11.5 Å². The van der Waals surface area contributed by atoms with E-state index in [1.165, 1.54) is 16.4 Å². The first-order chi connectivity index (χ1) is 21.6. The van der Waals surface area contributed by atoms with Crippen LogP contribution in [0.1, 0.15) is 21.5 Å². The minimum Gasteiger partial charge on any atom is -0.375 e.